The van der Waals surface area contributed by atoms with Crippen molar-refractivity contribution in [2.45, 2.75) is 19.1 Å². The van der Waals surface area contributed by atoms with E-state index in [-0.39, 0.29) is 5.84 Å². The summed E-state index contributed by atoms with van der Waals surface area (Å²) in [7, 11) is 1.53. The van der Waals surface area contributed by atoms with Gasteiger partial charge in [0.25, 0.3) is 0 Å². The summed E-state index contributed by atoms with van der Waals surface area (Å²) in [6, 6.07) is 5.46. The summed E-state index contributed by atoms with van der Waals surface area (Å²) in [6.07, 6.45) is 1.96. The topological polar surface area (TPSA) is 100 Å². The Hall–Kier alpha value is -1.44. The van der Waals surface area contributed by atoms with Gasteiger partial charge in [-0.3, -0.25) is 0 Å². The van der Waals surface area contributed by atoms with Crippen LogP contribution < -0.4 is 15.8 Å². The number of rotatable bonds is 8. The van der Waals surface area contributed by atoms with E-state index in [4.69, 9.17) is 15.7 Å². The largest absolute Gasteiger partial charge is 0.496 e. The van der Waals surface area contributed by atoms with E-state index in [2.05, 4.69) is 10.5 Å². The molecular formula is C14H23N3O3S. The number of hydrogen-bond donors (Lipinski definition) is 4. The molecule has 0 saturated heterocycles. The minimum atomic E-state index is -0.750. The molecule has 1 rings (SSSR count). The number of oxime groups is 1. The van der Waals surface area contributed by atoms with Crippen LogP contribution in [0.25, 0.3) is 0 Å². The standard InChI is InChI=1S/C14H23N3O3S/c1-14(18,9-21-3)8-16-7-10-4-5-12(20-2)11(6-10)13(15)17-19/h4-6,16,18-19H,7-9H2,1-3H3,(H2,15,17). The van der Waals surface area contributed by atoms with E-state index in [0.717, 1.165) is 5.56 Å². The third-order valence-electron chi connectivity index (χ3n) is 2.94. The Morgan fingerprint density at radius 1 is 1.52 bits per heavy atom. The number of nitrogens with zero attached hydrogens (tertiary/aromatic N) is 1. The molecule has 21 heavy (non-hydrogen) atoms. The zero-order valence-corrected chi connectivity index (χ0v) is 13.4. The predicted octanol–water partition coefficient (Wildman–Crippen LogP) is 0.993. The summed E-state index contributed by atoms with van der Waals surface area (Å²) in [5.74, 6) is 1.21. The zero-order valence-electron chi connectivity index (χ0n) is 12.6. The highest BCUT2D eigenvalue weighted by Gasteiger charge is 2.18. The Bertz CT molecular complexity index is 492. The Kier molecular flexibility index (Phi) is 6.80. The highest BCUT2D eigenvalue weighted by atomic mass is 32.2. The van der Waals surface area contributed by atoms with Crippen LogP contribution in [0, 0.1) is 0 Å². The first-order chi connectivity index (χ1) is 9.93. The molecule has 0 aromatic heterocycles. The van der Waals surface area contributed by atoms with Crippen LogP contribution in [-0.2, 0) is 6.54 Å². The maximum Gasteiger partial charge on any atom is 0.173 e. The molecule has 0 fully saturated rings. The molecule has 0 heterocycles. The highest BCUT2D eigenvalue weighted by molar-refractivity contribution is 7.98. The Morgan fingerprint density at radius 3 is 2.81 bits per heavy atom. The van der Waals surface area contributed by atoms with Crippen molar-refractivity contribution < 1.29 is 15.1 Å². The fourth-order valence-electron chi connectivity index (χ4n) is 1.96. The first-order valence-electron chi connectivity index (χ1n) is 6.50. The van der Waals surface area contributed by atoms with Crippen LogP contribution in [0.1, 0.15) is 18.1 Å². The monoisotopic (exact) mass is 313 g/mol. The fraction of sp³-hybridized carbons (Fsp3) is 0.500. The number of amidine groups is 1. The quantitative estimate of drug-likeness (QED) is 0.247. The first kappa shape index (κ1) is 17.6. The lowest BCUT2D eigenvalue weighted by Gasteiger charge is -2.22. The Labute approximate surface area is 129 Å². The molecule has 0 spiro atoms. The Morgan fingerprint density at radius 2 is 2.24 bits per heavy atom. The van der Waals surface area contributed by atoms with E-state index < -0.39 is 5.60 Å². The zero-order chi connectivity index (χ0) is 15.9. The number of thioether (sulfide) groups is 1. The van der Waals surface area contributed by atoms with Gasteiger partial charge in [-0.2, -0.15) is 11.8 Å². The number of nitrogens with one attached hydrogen (secondary N) is 1. The molecule has 1 aromatic carbocycles. The average Bonchev–Trinajstić information content (AvgIpc) is 2.46. The molecule has 0 aliphatic rings. The van der Waals surface area contributed by atoms with E-state index in [1.54, 1.807) is 30.8 Å². The minimum Gasteiger partial charge on any atom is -0.496 e. The van der Waals surface area contributed by atoms with Gasteiger partial charge in [0, 0.05) is 18.8 Å². The molecule has 118 valence electrons. The number of methoxy groups -OCH3 is 1. The average molecular weight is 313 g/mol. The van der Waals surface area contributed by atoms with E-state index in [9.17, 15) is 5.11 Å². The van der Waals surface area contributed by atoms with Crippen molar-refractivity contribution >= 4 is 17.6 Å². The van der Waals surface area contributed by atoms with Gasteiger partial charge in [-0.15, -0.1) is 0 Å². The summed E-state index contributed by atoms with van der Waals surface area (Å²) in [5.41, 5.74) is 6.38. The molecule has 0 aliphatic carbocycles. The van der Waals surface area contributed by atoms with Crippen molar-refractivity contribution in [2.75, 3.05) is 25.7 Å². The first-order valence-corrected chi connectivity index (χ1v) is 7.89. The van der Waals surface area contributed by atoms with Crippen LogP contribution in [0.3, 0.4) is 0 Å². The molecule has 7 heteroatoms. The number of aliphatic hydroxyl groups is 1. The van der Waals surface area contributed by atoms with Crippen molar-refractivity contribution in [2.24, 2.45) is 10.9 Å². The van der Waals surface area contributed by atoms with Gasteiger partial charge in [0.2, 0.25) is 0 Å². The van der Waals surface area contributed by atoms with Gasteiger partial charge in [-0.1, -0.05) is 11.2 Å². The maximum absolute atomic E-state index is 10.1. The molecule has 0 saturated carbocycles. The molecule has 0 amide bonds. The maximum atomic E-state index is 10.1. The molecule has 1 unspecified atom stereocenters. The van der Waals surface area contributed by atoms with Crippen LogP contribution in [0.2, 0.25) is 0 Å². The SMILES string of the molecule is COc1ccc(CNCC(C)(O)CSC)cc1/C(N)=N/O. The van der Waals surface area contributed by atoms with Gasteiger partial charge in [0.15, 0.2) is 5.84 Å². The molecule has 5 N–H and O–H groups in total. The van der Waals surface area contributed by atoms with E-state index in [1.807, 2.05) is 12.3 Å². The number of hydrogen-bond acceptors (Lipinski definition) is 6. The second-order valence-electron chi connectivity index (χ2n) is 5.05. The number of nitrogens with two attached hydrogens (primary N) is 1. The fourth-order valence-corrected chi connectivity index (χ4v) is 2.68. The van der Waals surface area contributed by atoms with Crippen molar-refractivity contribution in [3.05, 3.63) is 29.3 Å². The summed E-state index contributed by atoms with van der Waals surface area (Å²) >= 11 is 1.60. The van der Waals surface area contributed by atoms with Crippen molar-refractivity contribution in [1.29, 1.82) is 0 Å². The van der Waals surface area contributed by atoms with Crippen molar-refractivity contribution in [3.63, 3.8) is 0 Å². The highest BCUT2D eigenvalue weighted by Crippen LogP contribution is 2.19. The van der Waals surface area contributed by atoms with Crippen LogP contribution >= 0.6 is 11.8 Å². The van der Waals surface area contributed by atoms with E-state index >= 15 is 0 Å². The van der Waals surface area contributed by atoms with Crippen LogP contribution in [0.4, 0.5) is 0 Å². The second-order valence-corrected chi connectivity index (χ2v) is 5.92. The smallest absolute Gasteiger partial charge is 0.173 e. The van der Waals surface area contributed by atoms with Crippen LogP contribution in [0.5, 0.6) is 5.75 Å². The minimum absolute atomic E-state index is 0.00285. The third-order valence-corrected chi connectivity index (χ3v) is 3.85. The third kappa shape index (κ3) is 5.45. The van der Waals surface area contributed by atoms with Gasteiger partial charge in [0.05, 0.1) is 18.3 Å². The predicted molar refractivity (Wildman–Crippen MR) is 86.2 cm³/mol. The van der Waals surface area contributed by atoms with Crippen LogP contribution in [0.15, 0.2) is 23.4 Å². The summed E-state index contributed by atoms with van der Waals surface area (Å²) in [4.78, 5) is 0. The molecule has 1 atom stereocenters. The lowest BCUT2D eigenvalue weighted by molar-refractivity contribution is 0.0846. The number of benzene rings is 1. The van der Waals surface area contributed by atoms with Gasteiger partial charge in [-0.05, 0) is 30.9 Å². The molecule has 0 aliphatic heterocycles. The molecule has 0 bridgehead atoms. The molecule has 1 aromatic rings. The molecule has 0 radical (unpaired) electrons. The lowest BCUT2D eigenvalue weighted by atomic mass is 10.1. The Balaban J connectivity index is 2.73. The molecular weight excluding hydrogens is 290 g/mol. The second kappa shape index (κ2) is 8.11. The van der Waals surface area contributed by atoms with Gasteiger partial charge in [0.1, 0.15) is 5.75 Å². The summed E-state index contributed by atoms with van der Waals surface area (Å²) in [5, 5.41) is 25.1. The molecule has 6 nitrogen and oxygen atoms in total. The number of ether oxygens (including phenoxy) is 1. The van der Waals surface area contributed by atoms with Crippen LogP contribution in [-0.4, -0.2) is 47.4 Å². The van der Waals surface area contributed by atoms with Crippen molar-refractivity contribution in [3.8, 4) is 5.75 Å². The van der Waals surface area contributed by atoms with Gasteiger partial charge < -0.3 is 26.1 Å². The summed E-state index contributed by atoms with van der Waals surface area (Å²) < 4.78 is 5.18. The lowest BCUT2D eigenvalue weighted by Crippen LogP contribution is -2.39. The van der Waals surface area contributed by atoms with E-state index in [1.165, 1.54) is 7.11 Å². The summed E-state index contributed by atoms with van der Waals surface area (Å²) in [6.45, 7) is 2.85. The van der Waals surface area contributed by atoms with Gasteiger partial charge in [-0.25, -0.2) is 0 Å². The van der Waals surface area contributed by atoms with Crippen molar-refractivity contribution in [1.82, 2.24) is 5.32 Å². The van der Waals surface area contributed by atoms with E-state index in [0.29, 0.717) is 30.2 Å². The van der Waals surface area contributed by atoms with Gasteiger partial charge >= 0.3 is 0 Å². The normalized spacial score (nSPS) is 14.8.